The molecule has 0 aliphatic carbocycles. The number of nitrogens with one attached hydrogen (secondary N) is 1. The summed E-state index contributed by atoms with van der Waals surface area (Å²) in [5, 5.41) is 2.47. The Labute approximate surface area is 72.9 Å². The van der Waals surface area contributed by atoms with Crippen LogP contribution in [0.2, 0.25) is 0 Å². The maximum atomic E-state index is 11.0. The largest absolute Gasteiger partial charge is 0.355 e. The summed E-state index contributed by atoms with van der Waals surface area (Å²) in [6.45, 7) is 8.91. The van der Waals surface area contributed by atoms with Crippen molar-refractivity contribution in [2.24, 2.45) is 4.99 Å². The second-order valence-electron chi connectivity index (χ2n) is 2.25. The Kier molecular flexibility index (Phi) is 4.69. The van der Waals surface area contributed by atoms with Crippen molar-refractivity contribution in [3.8, 4) is 0 Å². The van der Waals surface area contributed by atoms with Crippen LogP contribution in [-0.4, -0.2) is 19.7 Å². The molecule has 1 amide bonds. The number of allylic oxidation sites excluding steroid dienone is 1. The van der Waals surface area contributed by atoms with Crippen molar-refractivity contribution < 1.29 is 4.79 Å². The number of nitrogens with zero attached hydrogens (tertiary/aromatic N) is 1. The predicted molar refractivity (Wildman–Crippen MR) is 51.1 cm³/mol. The molecule has 0 aromatic rings. The summed E-state index contributed by atoms with van der Waals surface area (Å²) in [6, 6.07) is 0. The quantitative estimate of drug-likeness (QED) is 0.381. The molecule has 0 rings (SSSR count). The number of rotatable bonds is 4. The molecule has 0 aromatic heterocycles. The van der Waals surface area contributed by atoms with Crippen molar-refractivity contribution in [2.45, 2.75) is 13.3 Å². The van der Waals surface area contributed by atoms with Crippen LogP contribution in [-0.2, 0) is 4.79 Å². The van der Waals surface area contributed by atoms with E-state index in [0.29, 0.717) is 5.57 Å². The number of hydrogen-bond donors (Lipinski definition) is 1. The van der Waals surface area contributed by atoms with Gasteiger partial charge in [-0.15, -0.1) is 0 Å². The first-order valence-electron chi connectivity index (χ1n) is 3.74. The SMILES string of the molecule is C=N/C(=C\C(=C)C(=O)NC)CC. The molecule has 12 heavy (non-hydrogen) atoms. The van der Waals surface area contributed by atoms with Crippen LogP contribution in [0.25, 0.3) is 0 Å². The monoisotopic (exact) mass is 166 g/mol. The van der Waals surface area contributed by atoms with Gasteiger partial charge in [0.15, 0.2) is 0 Å². The first-order chi connectivity index (χ1) is 5.65. The lowest BCUT2D eigenvalue weighted by Crippen LogP contribution is -2.18. The van der Waals surface area contributed by atoms with Gasteiger partial charge in [-0.1, -0.05) is 13.5 Å². The van der Waals surface area contributed by atoms with Gasteiger partial charge in [0.2, 0.25) is 5.91 Å². The zero-order chi connectivity index (χ0) is 9.56. The van der Waals surface area contributed by atoms with E-state index < -0.39 is 0 Å². The number of likely N-dealkylation sites (N-methyl/N-ethyl adjacent to an activating group) is 1. The third-order valence-electron chi connectivity index (χ3n) is 1.42. The third-order valence-corrected chi connectivity index (χ3v) is 1.42. The Morgan fingerprint density at radius 2 is 2.25 bits per heavy atom. The first-order valence-corrected chi connectivity index (χ1v) is 3.74. The van der Waals surface area contributed by atoms with Crippen molar-refractivity contribution in [3.05, 3.63) is 23.9 Å². The summed E-state index contributed by atoms with van der Waals surface area (Å²) in [6.07, 6.45) is 2.38. The van der Waals surface area contributed by atoms with Crippen LogP contribution in [0.4, 0.5) is 0 Å². The predicted octanol–water partition coefficient (Wildman–Crippen LogP) is 1.28. The van der Waals surface area contributed by atoms with Crippen LogP contribution in [0.1, 0.15) is 13.3 Å². The van der Waals surface area contributed by atoms with E-state index in [9.17, 15) is 4.79 Å². The molecule has 0 radical (unpaired) electrons. The van der Waals surface area contributed by atoms with Gasteiger partial charge in [-0.25, -0.2) is 0 Å². The van der Waals surface area contributed by atoms with E-state index >= 15 is 0 Å². The maximum absolute atomic E-state index is 11.0. The highest BCUT2D eigenvalue weighted by Gasteiger charge is 2.00. The molecule has 3 nitrogen and oxygen atoms in total. The van der Waals surface area contributed by atoms with Crippen LogP contribution < -0.4 is 5.32 Å². The zero-order valence-corrected chi connectivity index (χ0v) is 7.55. The Morgan fingerprint density at radius 1 is 1.67 bits per heavy atom. The minimum Gasteiger partial charge on any atom is -0.355 e. The lowest BCUT2D eigenvalue weighted by molar-refractivity contribution is -0.116. The Bertz CT molecular complexity index is 229. The topological polar surface area (TPSA) is 41.5 Å². The van der Waals surface area contributed by atoms with Gasteiger partial charge in [-0.05, 0) is 19.2 Å². The highest BCUT2D eigenvalue weighted by atomic mass is 16.1. The minimum atomic E-state index is -0.190. The van der Waals surface area contributed by atoms with Crippen molar-refractivity contribution in [1.82, 2.24) is 5.32 Å². The van der Waals surface area contributed by atoms with Gasteiger partial charge in [-0.2, -0.15) is 0 Å². The molecule has 0 bridgehead atoms. The number of carbonyl (C=O) groups excluding carboxylic acids is 1. The molecule has 0 fully saturated rings. The van der Waals surface area contributed by atoms with Crippen LogP contribution in [0, 0.1) is 0 Å². The Morgan fingerprint density at radius 3 is 2.58 bits per heavy atom. The van der Waals surface area contributed by atoms with Gasteiger partial charge in [-0.3, -0.25) is 9.79 Å². The van der Waals surface area contributed by atoms with E-state index in [4.69, 9.17) is 0 Å². The molecule has 0 aromatic carbocycles. The van der Waals surface area contributed by atoms with Gasteiger partial charge < -0.3 is 5.32 Å². The molecular weight excluding hydrogens is 152 g/mol. The van der Waals surface area contributed by atoms with E-state index in [0.717, 1.165) is 12.1 Å². The zero-order valence-electron chi connectivity index (χ0n) is 7.55. The first kappa shape index (κ1) is 10.6. The summed E-state index contributed by atoms with van der Waals surface area (Å²) in [5.74, 6) is -0.190. The molecule has 0 atom stereocenters. The minimum absolute atomic E-state index is 0.190. The molecular formula is C9H14N2O. The third kappa shape index (κ3) is 3.14. The lowest BCUT2D eigenvalue weighted by atomic mass is 10.2. The van der Waals surface area contributed by atoms with E-state index in [1.54, 1.807) is 13.1 Å². The van der Waals surface area contributed by atoms with E-state index in [-0.39, 0.29) is 5.91 Å². The molecule has 0 spiro atoms. The molecule has 0 aliphatic heterocycles. The summed E-state index contributed by atoms with van der Waals surface area (Å²) in [7, 11) is 1.56. The van der Waals surface area contributed by atoms with E-state index in [1.807, 2.05) is 6.92 Å². The molecule has 66 valence electrons. The maximum Gasteiger partial charge on any atom is 0.250 e. The number of aliphatic imine (C=N–C) groups is 1. The van der Waals surface area contributed by atoms with Gasteiger partial charge in [0.1, 0.15) is 0 Å². The standard InChI is InChI=1S/C9H14N2O/c1-5-8(10-3)6-7(2)9(12)11-4/h6H,2-3,5H2,1,4H3,(H,11,12)/b8-6-. The fourth-order valence-electron chi connectivity index (χ4n) is 0.687. The molecule has 0 saturated carbocycles. The summed E-state index contributed by atoms with van der Waals surface area (Å²) in [4.78, 5) is 14.7. The molecule has 0 saturated heterocycles. The van der Waals surface area contributed by atoms with Crippen molar-refractivity contribution >= 4 is 12.6 Å². The van der Waals surface area contributed by atoms with Gasteiger partial charge >= 0.3 is 0 Å². The summed E-state index contributed by atoms with van der Waals surface area (Å²) in [5.41, 5.74) is 1.17. The molecule has 1 N–H and O–H groups in total. The van der Waals surface area contributed by atoms with Crippen molar-refractivity contribution in [1.29, 1.82) is 0 Å². The van der Waals surface area contributed by atoms with Crippen LogP contribution in [0.3, 0.4) is 0 Å². The highest BCUT2D eigenvalue weighted by molar-refractivity contribution is 5.95. The molecule has 0 heterocycles. The summed E-state index contributed by atoms with van der Waals surface area (Å²) >= 11 is 0. The number of hydrogen-bond acceptors (Lipinski definition) is 2. The smallest absolute Gasteiger partial charge is 0.250 e. The fraction of sp³-hybridized carbons (Fsp3) is 0.333. The van der Waals surface area contributed by atoms with E-state index in [2.05, 4.69) is 23.6 Å². The fourth-order valence-corrected chi connectivity index (χ4v) is 0.687. The average Bonchev–Trinajstić information content (AvgIpc) is 2.12. The van der Waals surface area contributed by atoms with Gasteiger partial charge in [0.05, 0.1) is 0 Å². The molecule has 3 heteroatoms. The second kappa shape index (κ2) is 5.29. The van der Waals surface area contributed by atoms with Gasteiger partial charge in [0.25, 0.3) is 0 Å². The van der Waals surface area contributed by atoms with Crippen LogP contribution >= 0.6 is 0 Å². The second-order valence-corrected chi connectivity index (χ2v) is 2.25. The summed E-state index contributed by atoms with van der Waals surface area (Å²) < 4.78 is 0. The Balaban J connectivity index is 4.40. The van der Waals surface area contributed by atoms with Crippen LogP contribution in [0.15, 0.2) is 28.9 Å². The van der Waals surface area contributed by atoms with Gasteiger partial charge in [0, 0.05) is 18.3 Å². The number of amides is 1. The van der Waals surface area contributed by atoms with Crippen molar-refractivity contribution in [2.75, 3.05) is 7.05 Å². The van der Waals surface area contributed by atoms with Crippen LogP contribution in [0.5, 0.6) is 0 Å². The highest BCUT2D eigenvalue weighted by Crippen LogP contribution is 2.05. The average molecular weight is 166 g/mol. The van der Waals surface area contributed by atoms with E-state index in [1.165, 1.54) is 0 Å². The lowest BCUT2D eigenvalue weighted by Gasteiger charge is -1.99. The molecule has 0 aliphatic rings. The normalized spacial score (nSPS) is 10.7. The van der Waals surface area contributed by atoms with Crippen molar-refractivity contribution in [3.63, 3.8) is 0 Å². The number of carbonyl (C=O) groups is 1. The molecule has 0 unspecified atom stereocenters. The Hall–Kier alpha value is -1.38.